The highest BCUT2D eigenvalue weighted by Gasteiger charge is 2.49. The summed E-state index contributed by atoms with van der Waals surface area (Å²) in [5, 5.41) is 1.81. The van der Waals surface area contributed by atoms with Gasteiger partial charge in [0.1, 0.15) is 0 Å². The molecule has 1 N–H and O–H groups in total. The molecular formula is C10H10F4N2O. The number of nitrogens with one attached hydrogen (secondary N) is 1. The Balaban J connectivity index is 2.70. The lowest BCUT2D eigenvalue weighted by atomic mass is 10.1. The maximum absolute atomic E-state index is 12.6. The van der Waals surface area contributed by atoms with E-state index >= 15 is 0 Å². The van der Waals surface area contributed by atoms with Crippen molar-refractivity contribution >= 4 is 5.91 Å². The Kier molecular flexibility index (Phi) is 4.03. The van der Waals surface area contributed by atoms with Crippen molar-refractivity contribution in [1.82, 2.24) is 10.3 Å². The van der Waals surface area contributed by atoms with E-state index in [1.165, 1.54) is 19.3 Å². The molecule has 7 heteroatoms. The van der Waals surface area contributed by atoms with Gasteiger partial charge < -0.3 is 5.32 Å². The number of hydrogen-bond donors (Lipinski definition) is 1. The number of carbonyl (C=O) groups is 1. The highest BCUT2D eigenvalue weighted by atomic mass is 19.3. The van der Waals surface area contributed by atoms with Crippen molar-refractivity contribution in [2.75, 3.05) is 0 Å². The van der Waals surface area contributed by atoms with E-state index in [-0.39, 0.29) is 0 Å². The summed E-state index contributed by atoms with van der Waals surface area (Å²) in [4.78, 5) is 14.7. The second-order valence-electron chi connectivity index (χ2n) is 3.41. The average Bonchev–Trinajstić information content (AvgIpc) is 2.29. The molecule has 0 saturated heterocycles. The minimum Gasteiger partial charge on any atom is -0.344 e. The minimum atomic E-state index is -4.68. The fraction of sp³-hybridized carbons (Fsp3) is 0.400. The molecule has 1 atom stereocenters. The zero-order valence-corrected chi connectivity index (χ0v) is 8.83. The molecule has 0 aliphatic carbocycles. The van der Waals surface area contributed by atoms with Gasteiger partial charge in [-0.1, -0.05) is 6.07 Å². The van der Waals surface area contributed by atoms with Crippen LogP contribution in [0.2, 0.25) is 0 Å². The monoisotopic (exact) mass is 250 g/mol. The summed E-state index contributed by atoms with van der Waals surface area (Å²) >= 11 is 0. The van der Waals surface area contributed by atoms with Crippen LogP contribution in [-0.4, -0.2) is 23.2 Å². The highest BCUT2D eigenvalue weighted by Crippen LogP contribution is 2.24. The van der Waals surface area contributed by atoms with Crippen molar-refractivity contribution in [3.63, 3.8) is 0 Å². The van der Waals surface area contributed by atoms with E-state index < -0.39 is 24.3 Å². The first-order valence-electron chi connectivity index (χ1n) is 4.72. The molecule has 0 fully saturated rings. The summed E-state index contributed by atoms with van der Waals surface area (Å²) in [7, 11) is 0. The van der Waals surface area contributed by atoms with Crippen LogP contribution in [0.15, 0.2) is 24.5 Å². The topological polar surface area (TPSA) is 42.0 Å². The van der Waals surface area contributed by atoms with Crippen molar-refractivity contribution in [3.8, 4) is 0 Å². The van der Waals surface area contributed by atoms with Crippen LogP contribution in [0.1, 0.15) is 18.5 Å². The molecule has 1 aromatic heterocycles. The maximum atomic E-state index is 12.6. The lowest BCUT2D eigenvalue weighted by Gasteiger charge is -2.19. The molecule has 1 heterocycles. The number of alkyl halides is 4. The smallest absolute Gasteiger partial charge is 0.344 e. The van der Waals surface area contributed by atoms with Gasteiger partial charge in [-0.25, -0.2) is 8.78 Å². The summed E-state index contributed by atoms with van der Waals surface area (Å²) in [5.41, 5.74) is 0.450. The second kappa shape index (κ2) is 5.11. The Bertz CT molecular complexity index is 383. The first kappa shape index (κ1) is 13.4. The molecule has 94 valence electrons. The van der Waals surface area contributed by atoms with E-state index in [0.717, 1.165) is 0 Å². The van der Waals surface area contributed by atoms with Crippen LogP contribution in [0.25, 0.3) is 0 Å². The van der Waals surface area contributed by atoms with Gasteiger partial charge in [0.05, 0.1) is 6.04 Å². The number of amides is 1. The van der Waals surface area contributed by atoms with Crippen LogP contribution in [-0.2, 0) is 4.79 Å². The molecule has 3 nitrogen and oxygen atoms in total. The lowest BCUT2D eigenvalue weighted by molar-refractivity contribution is -0.170. The Morgan fingerprint density at radius 3 is 2.59 bits per heavy atom. The molecule has 0 radical (unpaired) electrons. The average molecular weight is 250 g/mol. The van der Waals surface area contributed by atoms with E-state index in [2.05, 4.69) is 4.98 Å². The molecule has 0 aliphatic heterocycles. The van der Waals surface area contributed by atoms with E-state index in [1.807, 2.05) is 5.32 Å². The number of carbonyl (C=O) groups excluding carboxylic acids is 1. The Morgan fingerprint density at radius 2 is 2.12 bits per heavy atom. The van der Waals surface area contributed by atoms with Gasteiger partial charge in [-0.05, 0) is 18.6 Å². The van der Waals surface area contributed by atoms with Gasteiger partial charge in [0, 0.05) is 12.4 Å². The third-order valence-corrected chi connectivity index (χ3v) is 2.11. The van der Waals surface area contributed by atoms with Gasteiger partial charge in [-0.15, -0.1) is 0 Å². The summed E-state index contributed by atoms with van der Waals surface area (Å²) < 4.78 is 49.1. The summed E-state index contributed by atoms with van der Waals surface area (Å²) in [6.45, 7) is 1.40. The van der Waals surface area contributed by atoms with Gasteiger partial charge in [0.2, 0.25) is 0 Å². The van der Waals surface area contributed by atoms with Crippen LogP contribution in [0.4, 0.5) is 17.6 Å². The fourth-order valence-corrected chi connectivity index (χ4v) is 1.11. The quantitative estimate of drug-likeness (QED) is 0.832. The van der Waals surface area contributed by atoms with E-state index in [4.69, 9.17) is 0 Å². The van der Waals surface area contributed by atoms with Gasteiger partial charge in [0.15, 0.2) is 0 Å². The zero-order chi connectivity index (χ0) is 13.1. The standard InChI is InChI=1S/C10H10F4N2O/c1-6(7-3-2-4-15-5-7)16-9(17)10(13,14)8(11)12/h2-6,8H,1H3,(H,16,17). The molecule has 0 aromatic carbocycles. The van der Waals surface area contributed by atoms with Crippen LogP contribution in [0.3, 0.4) is 0 Å². The Hall–Kier alpha value is -1.66. The molecule has 1 unspecified atom stereocenters. The first-order chi connectivity index (χ1) is 7.85. The number of aromatic nitrogens is 1. The molecule has 1 amide bonds. The minimum absolute atomic E-state index is 0.450. The largest absolute Gasteiger partial charge is 0.383 e. The highest BCUT2D eigenvalue weighted by molar-refractivity contribution is 5.84. The molecule has 0 spiro atoms. The van der Waals surface area contributed by atoms with Crippen molar-refractivity contribution in [2.24, 2.45) is 0 Å². The molecule has 0 saturated carbocycles. The number of pyridine rings is 1. The summed E-state index contributed by atoms with van der Waals surface area (Å²) in [6, 6.07) is 2.27. The van der Waals surface area contributed by atoms with E-state index in [9.17, 15) is 22.4 Å². The zero-order valence-electron chi connectivity index (χ0n) is 8.83. The van der Waals surface area contributed by atoms with E-state index in [0.29, 0.717) is 5.56 Å². The van der Waals surface area contributed by atoms with Crippen LogP contribution in [0, 0.1) is 0 Å². The number of hydrogen-bond acceptors (Lipinski definition) is 2. The summed E-state index contributed by atoms with van der Waals surface area (Å²) in [6.07, 6.45) is -1.21. The second-order valence-corrected chi connectivity index (χ2v) is 3.41. The van der Waals surface area contributed by atoms with Crippen molar-refractivity contribution in [1.29, 1.82) is 0 Å². The van der Waals surface area contributed by atoms with Crippen molar-refractivity contribution < 1.29 is 22.4 Å². The molecule has 1 rings (SSSR count). The van der Waals surface area contributed by atoms with Gasteiger partial charge in [0.25, 0.3) is 5.91 Å². The van der Waals surface area contributed by atoms with Gasteiger partial charge in [-0.2, -0.15) is 8.78 Å². The third-order valence-electron chi connectivity index (χ3n) is 2.11. The predicted octanol–water partition coefficient (Wildman–Crippen LogP) is 2.16. The molecule has 17 heavy (non-hydrogen) atoms. The lowest BCUT2D eigenvalue weighted by Crippen LogP contribution is -2.45. The van der Waals surface area contributed by atoms with Crippen LogP contribution in [0.5, 0.6) is 0 Å². The SMILES string of the molecule is CC(NC(=O)C(F)(F)C(F)F)c1cccnc1. The molecule has 1 aromatic rings. The van der Waals surface area contributed by atoms with E-state index in [1.54, 1.807) is 12.1 Å². The summed E-state index contributed by atoms with van der Waals surface area (Å²) in [5.74, 6) is -6.68. The van der Waals surface area contributed by atoms with Crippen molar-refractivity contribution in [2.45, 2.75) is 25.3 Å². The predicted molar refractivity (Wildman–Crippen MR) is 51.7 cm³/mol. The Morgan fingerprint density at radius 1 is 1.47 bits per heavy atom. The van der Waals surface area contributed by atoms with Crippen LogP contribution >= 0.6 is 0 Å². The number of nitrogens with zero attached hydrogens (tertiary/aromatic N) is 1. The molecule has 0 bridgehead atoms. The Labute approximate surface area is 94.8 Å². The normalized spacial score (nSPS) is 13.5. The fourth-order valence-electron chi connectivity index (χ4n) is 1.11. The van der Waals surface area contributed by atoms with Crippen molar-refractivity contribution in [3.05, 3.63) is 30.1 Å². The van der Waals surface area contributed by atoms with Crippen LogP contribution < -0.4 is 5.32 Å². The first-order valence-corrected chi connectivity index (χ1v) is 4.72. The maximum Gasteiger partial charge on any atom is 0.383 e. The third kappa shape index (κ3) is 3.15. The number of halogens is 4. The number of rotatable bonds is 4. The molecular weight excluding hydrogens is 240 g/mol. The molecule has 0 aliphatic rings. The van der Waals surface area contributed by atoms with Gasteiger partial charge >= 0.3 is 12.3 Å². The van der Waals surface area contributed by atoms with Gasteiger partial charge in [-0.3, -0.25) is 9.78 Å².